The van der Waals surface area contributed by atoms with Gasteiger partial charge in [-0.15, -0.1) is 0 Å². The van der Waals surface area contributed by atoms with E-state index in [0.717, 1.165) is 31.1 Å². The Morgan fingerprint density at radius 2 is 1.92 bits per heavy atom. The minimum absolute atomic E-state index is 0.0485. The van der Waals surface area contributed by atoms with Crippen molar-refractivity contribution in [3.8, 4) is 5.75 Å². The average molecular weight is 384 g/mol. The number of hydrogen-bond acceptors (Lipinski definition) is 4. The molecule has 1 aromatic carbocycles. The maximum absolute atomic E-state index is 11.3. The van der Waals surface area contributed by atoms with Gasteiger partial charge in [0.2, 0.25) is 0 Å². The van der Waals surface area contributed by atoms with Crippen LogP contribution in [0, 0.1) is 6.92 Å². The number of hydrogen-bond donors (Lipinski definition) is 2. The quantitative estimate of drug-likeness (QED) is 0.349. The Balaban J connectivity index is 2.28. The Kier molecular flexibility index (Phi) is 10.1. The number of ether oxygens (including phenoxy) is 1. The van der Waals surface area contributed by atoms with Gasteiger partial charge in [-0.3, -0.25) is 4.99 Å². The number of rotatable bonds is 11. The molecule has 6 nitrogen and oxygen atoms in total. The van der Waals surface area contributed by atoms with Gasteiger partial charge in [-0.1, -0.05) is 17.7 Å². The lowest BCUT2D eigenvalue weighted by Crippen LogP contribution is -2.42. The monoisotopic (exact) mass is 383 g/mol. The highest BCUT2D eigenvalue weighted by atomic mass is 32.2. The smallest absolute Gasteiger partial charge is 0.191 e. The molecule has 1 rings (SSSR count). The molecule has 0 fully saturated rings. The van der Waals surface area contributed by atoms with E-state index in [1.54, 1.807) is 0 Å². The molecule has 26 heavy (non-hydrogen) atoms. The predicted octanol–water partition coefficient (Wildman–Crippen LogP) is 2.53. The summed E-state index contributed by atoms with van der Waals surface area (Å²) in [4.78, 5) is 4.54. The zero-order valence-electron chi connectivity index (χ0n) is 16.4. The number of sulfone groups is 1. The van der Waals surface area contributed by atoms with Crippen LogP contribution in [0.3, 0.4) is 0 Å². The van der Waals surface area contributed by atoms with E-state index in [9.17, 15) is 8.42 Å². The van der Waals surface area contributed by atoms with Gasteiger partial charge in [-0.05, 0) is 52.2 Å². The highest BCUT2D eigenvalue weighted by Crippen LogP contribution is 2.11. The summed E-state index contributed by atoms with van der Waals surface area (Å²) in [5.41, 5.74) is 1.22. The maximum Gasteiger partial charge on any atom is 0.191 e. The zero-order valence-corrected chi connectivity index (χ0v) is 17.2. The minimum Gasteiger partial charge on any atom is -0.494 e. The van der Waals surface area contributed by atoms with Crippen LogP contribution in [-0.4, -0.2) is 52.1 Å². The van der Waals surface area contributed by atoms with Crippen molar-refractivity contribution in [3.63, 3.8) is 0 Å². The van der Waals surface area contributed by atoms with Gasteiger partial charge in [0.15, 0.2) is 5.96 Å². The fourth-order valence-electron chi connectivity index (χ4n) is 2.25. The lowest BCUT2D eigenvalue weighted by molar-refractivity contribution is 0.308. The Labute approximate surface area is 158 Å². The van der Waals surface area contributed by atoms with Crippen molar-refractivity contribution in [2.45, 2.75) is 46.1 Å². The second-order valence-electron chi connectivity index (χ2n) is 6.59. The van der Waals surface area contributed by atoms with Gasteiger partial charge in [0.1, 0.15) is 15.6 Å². The molecule has 0 saturated carbocycles. The number of nitrogens with zero attached hydrogens (tertiary/aromatic N) is 1. The second kappa shape index (κ2) is 11.8. The van der Waals surface area contributed by atoms with Gasteiger partial charge >= 0.3 is 0 Å². The molecule has 1 unspecified atom stereocenters. The van der Waals surface area contributed by atoms with Crippen LogP contribution in [0.1, 0.15) is 38.7 Å². The van der Waals surface area contributed by atoms with Crippen molar-refractivity contribution < 1.29 is 13.2 Å². The number of aliphatic imine (C=N–C) groups is 1. The first-order valence-electron chi connectivity index (χ1n) is 9.22. The van der Waals surface area contributed by atoms with Gasteiger partial charge in [-0.25, -0.2) is 8.42 Å². The van der Waals surface area contributed by atoms with E-state index < -0.39 is 9.84 Å². The van der Waals surface area contributed by atoms with Crippen LogP contribution in [0.25, 0.3) is 0 Å². The highest BCUT2D eigenvalue weighted by Gasteiger charge is 2.09. The van der Waals surface area contributed by atoms with Crippen LogP contribution < -0.4 is 15.4 Å². The predicted molar refractivity (Wildman–Crippen MR) is 109 cm³/mol. The number of unbranched alkanes of at least 4 members (excludes halogenated alkanes) is 1. The molecule has 0 saturated heterocycles. The number of benzene rings is 1. The van der Waals surface area contributed by atoms with Gasteiger partial charge in [0.25, 0.3) is 0 Å². The van der Waals surface area contributed by atoms with E-state index in [-0.39, 0.29) is 11.8 Å². The van der Waals surface area contributed by atoms with Gasteiger partial charge < -0.3 is 15.4 Å². The summed E-state index contributed by atoms with van der Waals surface area (Å²) in [6, 6.07) is 8.10. The molecule has 0 radical (unpaired) electrons. The normalized spacial score (nSPS) is 13.3. The van der Waals surface area contributed by atoms with E-state index >= 15 is 0 Å². The maximum atomic E-state index is 11.3. The molecule has 0 bridgehead atoms. The van der Waals surface area contributed by atoms with Gasteiger partial charge in [-0.2, -0.15) is 0 Å². The first kappa shape index (κ1) is 22.3. The summed E-state index contributed by atoms with van der Waals surface area (Å²) in [5.74, 6) is 1.80. The number of guanidine groups is 1. The summed E-state index contributed by atoms with van der Waals surface area (Å²) in [5, 5.41) is 6.45. The molecule has 148 valence electrons. The van der Waals surface area contributed by atoms with Crippen molar-refractivity contribution in [2.24, 2.45) is 4.99 Å². The average Bonchev–Trinajstić information content (AvgIpc) is 2.57. The lowest BCUT2D eigenvalue weighted by atomic mass is 10.2. The van der Waals surface area contributed by atoms with Crippen LogP contribution in [0.15, 0.2) is 29.3 Å². The number of aryl methyl sites for hydroxylation is 1. The Bertz CT molecular complexity index is 642. The molecule has 7 heteroatoms. The Morgan fingerprint density at radius 1 is 1.23 bits per heavy atom. The third-order valence-electron chi connectivity index (χ3n) is 3.76. The first-order valence-corrected chi connectivity index (χ1v) is 11.3. The third-order valence-corrected chi connectivity index (χ3v) is 4.74. The summed E-state index contributed by atoms with van der Waals surface area (Å²) >= 11 is 0. The molecule has 0 aliphatic heterocycles. The summed E-state index contributed by atoms with van der Waals surface area (Å²) in [7, 11) is -2.93. The molecule has 0 heterocycles. The van der Waals surface area contributed by atoms with Gasteiger partial charge in [0, 0.05) is 25.4 Å². The molecule has 0 amide bonds. The molecule has 0 aliphatic carbocycles. The molecule has 1 aromatic rings. The minimum atomic E-state index is -2.93. The van der Waals surface area contributed by atoms with E-state index in [2.05, 4.69) is 22.5 Å². The van der Waals surface area contributed by atoms with Crippen molar-refractivity contribution in [2.75, 3.05) is 31.7 Å². The molecular formula is C19H33N3O3S. The zero-order chi connectivity index (χ0) is 19.4. The largest absolute Gasteiger partial charge is 0.494 e. The van der Waals surface area contributed by atoms with Crippen molar-refractivity contribution >= 4 is 15.8 Å². The first-order chi connectivity index (χ1) is 12.3. The van der Waals surface area contributed by atoms with Crippen LogP contribution in [-0.2, 0) is 9.84 Å². The Hall–Kier alpha value is -1.76. The summed E-state index contributed by atoms with van der Waals surface area (Å²) in [6.07, 6.45) is 3.69. The van der Waals surface area contributed by atoms with Crippen molar-refractivity contribution in [1.82, 2.24) is 10.6 Å². The lowest BCUT2D eigenvalue weighted by Gasteiger charge is -2.17. The molecule has 2 N–H and O–H groups in total. The van der Waals surface area contributed by atoms with E-state index in [0.29, 0.717) is 19.6 Å². The van der Waals surface area contributed by atoms with Crippen LogP contribution >= 0.6 is 0 Å². The molecule has 0 aromatic heterocycles. The fraction of sp³-hybridized carbons (Fsp3) is 0.632. The highest BCUT2D eigenvalue weighted by molar-refractivity contribution is 7.90. The molecule has 0 aliphatic rings. The van der Waals surface area contributed by atoms with Crippen molar-refractivity contribution in [3.05, 3.63) is 29.8 Å². The molecule has 1 atom stereocenters. The van der Waals surface area contributed by atoms with E-state index in [1.165, 1.54) is 11.8 Å². The topological polar surface area (TPSA) is 79.8 Å². The van der Waals surface area contributed by atoms with E-state index in [4.69, 9.17) is 4.74 Å². The SMILES string of the molecule is CCNC(=NCCCCOc1ccc(C)cc1)NC(C)CCS(C)(=O)=O. The van der Waals surface area contributed by atoms with E-state index in [1.807, 2.05) is 38.1 Å². The van der Waals surface area contributed by atoms with Gasteiger partial charge in [0.05, 0.1) is 12.4 Å². The summed E-state index contributed by atoms with van der Waals surface area (Å²) < 4.78 is 28.2. The standard InChI is InChI=1S/C19H33N3O3S/c1-5-20-19(22-17(3)12-15-26(4,23)24)21-13-6-7-14-25-18-10-8-16(2)9-11-18/h8-11,17H,5-7,12-15H2,1-4H3,(H2,20,21,22). The second-order valence-corrected chi connectivity index (χ2v) is 8.85. The fourth-order valence-corrected chi connectivity index (χ4v) is 3.03. The molecule has 0 spiro atoms. The molecular weight excluding hydrogens is 350 g/mol. The number of nitrogens with one attached hydrogen (secondary N) is 2. The van der Waals surface area contributed by atoms with Crippen LogP contribution in [0.2, 0.25) is 0 Å². The van der Waals surface area contributed by atoms with Crippen molar-refractivity contribution in [1.29, 1.82) is 0 Å². The Morgan fingerprint density at radius 3 is 2.54 bits per heavy atom. The van der Waals surface area contributed by atoms with Crippen LogP contribution in [0.5, 0.6) is 5.75 Å². The summed E-state index contributed by atoms with van der Waals surface area (Å²) in [6.45, 7) is 8.17. The van der Waals surface area contributed by atoms with Crippen LogP contribution in [0.4, 0.5) is 0 Å². The third kappa shape index (κ3) is 11.0.